The van der Waals surface area contributed by atoms with E-state index in [9.17, 15) is 9.59 Å². The number of hydrogen-bond acceptors (Lipinski definition) is 4. The lowest BCUT2D eigenvalue weighted by molar-refractivity contribution is -0.121. The van der Waals surface area contributed by atoms with Crippen LogP contribution in [-0.4, -0.2) is 28.3 Å². The van der Waals surface area contributed by atoms with Gasteiger partial charge < -0.3 is 4.98 Å². The van der Waals surface area contributed by atoms with Crippen molar-refractivity contribution >= 4 is 62.8 Å². The summed E-state index contributed by atoms with van der Waals surface area (Å²) in [6.45, 7) is 0. The number of amides is 2. The minimum Gasteiger partial charge on any atom is -0.361 e. The zero-order valence-electron chi connectivity index (χ0n) is 18.7. The molecule has 6 rings (SSSR count). The van der Waals surface area contributed by atoms with E-state index >= 15 is 0 Å². The number of imide groups is 1. The van der Waals surface area contributed by atoms with Crippen LogP contribution in [-0.2, 0) is 9.59 Å². The number of nitrogens with one attached hydrogen (secondary N) is 1. The molecule has 4 aromatic carbocycles. The maximum absolute atomic E-state index is 13.1. The van der Waals surface area contributed by atoms with Gasteiger partial charge in [0.2, 0.25) is 11.8 Å². The number of aliphatic imine (C=N–C) groups is 1. The van der Waals surface area contributed by atoms with Crippen LogP contribution in [0.15, 0.2) is 107 Å². The number of fused-ring (bicyclic) bond motifs is 2. The Morgan fingerprint density at radius 3 is 2.60 bits per heavy atom. The van der Waals surface area contributed by atoms with Crippen molar-refractivity contribution in [2.45, 2.75) is 16.6 Å². The zero-order chi connectivity index (χ0) is 23.8. The van der Waals surface area contributed by atoms with E-state index < -0.39 is 5.25 Å². The van der Waals surface area contributed by atoms with E-state index in [1.165, 1.54) is 22.0 Å². The molecule has 1 aliphatic heterocycles. The number of nitrogens with zero attached hydrogens (tertiary/aromatic N) is 2. The first-order valence-electron chi connectivity index (χ1n) is 11.4. The molecule has 0 saturated carbocycles. The topological polar surface area (TPSA) is 65.5 Å². The molecule has 1 N–H and O–H groups in total. The quantitative estimate of drug-likeness (QED) is 0.233. The van der Waals surface area contributed by atoms with Gasteiger partial charge in [0.1, 0.15) is 0 Å². The van der Waals surface area contributed by atoms with E-state index in [4.69, 9.17) is 0 Å². The highest BCUT2D eigenvalue weighted by Crippen LogP contribution is 2.35. The van der Waals surface area contributed by atoms with Gasteiger partial charge in [-0.15, -0.1) is 11.8 Å². The van der Waals surface area contributed by atoms with Crippen LogP contribution in [0.25, 0.3) is 21.7 Å². The van der Waals surface area contributed by atoms with Crippen LogP contribution in [0.2, 0.25) is 0 Å². The van der Waals surface area contributed by atoms with Crippen LogP contribution in [0, 0.1) is 0 Å². The number of benzene rings is 4. The summed E-state index contributed by atoms with van der Waals surface area (Å²) in [5.41, 5.74) is 3.40. The Balaban J connectivity index is 1.16. The third-order valence-electron chi connectivity index (χ3n) is 6.19. The van der Waals surface area contributed by atoms with Gasteiger partial charge >= 0.3 is 0 Å². The van der Waals surface area contributed by atoms with Gasteiger partial charge in [-0.2, -0.15) is 0 Å². The van der Waals surface area contributed by atoms with Crippen LogP contribution in [0.1, 0.15) is 12.0 Å². The fourth-order valence-corrected chi connectivity index (χ4v) is 5.48. The Labute approximate surface area is 206 Å². The molecule has 1 unspecified atom stereocenters. The number of thioether (sulfide) groups is 1. The van der Waals surface area contributed by atoms with Crippen LogP contribution in [0.4, 0.5) is 11.4 Å². The Bertz CT molecular complexity index is 1600. The van der Waals surface area contributed by atoms with Gasteiger partial charge in [0.25, 0.3) is 0 Å². The Morgan fingerprint density at radius 2 is 1.71 bits per heavy atom. The fraction of sp³-hybridized carbons (Fsp3) is 0.0690. The van der Waals surface area contributed by atoms with E-state index in [-0.39, 0.29) is 18.2 Å². The smallest absolute Gasteiger partial charge is 0.247 e. The number of aromatic amines is 1. The molecule has 6 heteroatoms. The number of anilines is 1. The monoisotopic (exact) mass is 475 g/mol. The largest absolute Gasteiger partial charge is 0.361 e. The summed E-state index contributed by atoms with van der Waals surface area (Å²) in [7, 11) is 0. The standard InChI is InChI=1S/C29H21N3O2S/c33-28-17-27(29(34)32(28)23-11-8-20-14-15-30-26(20)16-23)35-24-12-9-22(10-13-24)31-18-21-6-3-5-19-4-1-2-7-25(19)21/h1-16,18,27,30H,17H2. The van der Waals surface area contributed by atoms with Gasteiger partial charge in [0.05, 0.1) is 16.6 Å². The molecule has 5 nitrogen and oxygen atoms in total. The fourth-order valence-electron chi connectivity index (χ4n) is 4.42. The molecule has 5 aromatic rings. The van der Waals surface area contributed by atoms with Crippen molar-refractivity contribution in [1.82, 2.24) is 4.98 Å². The molecule has 2 heterocycles. The average Bonchev–Trinajstić information content (AvgIpc) is 3.46. The van der Waals surface area contributed by atoms with Gasteiger partial charge in [-0.05, 0) is 58.6 Å². The normalized spacial score (nSPS) is 16.2. The molecule has 0 aliphatic carbocycles. The van der Waals surface area contributed by atoms with E-state index in [0.717, 1.165) is 32.4 Å². The number of carbonyl (C=O) groups excluding carboxylic acids is 2. The second-order valence-electron chi connectivity index (χ2n) is 8.45. The molecule has 1 aromatic heterocycles. The maximum atomic E-state index is 13.1. The van der Waals surface area contributed by atoms with Gasteiger partial charge in [-0.1, -0.05) is 48.5 Å². The van der Waals surface area contributed by atoms with Gasteiger partial charge in [-0.3, -0.25) is 14.6 Å². The highest BCUT2D eigenvalue weighted by molar-refractivity contribution is 8.00. The van der Waals surface area contributed by atoms with Crippen molar-refractivity contribution in [3.63, 3.8) is 0 Å². The first kappa shape index (κ1) is 21.4. The lowest BCUT2D eigenvalue weighted by Crippen LogP contribution is -2.31. The van der Waals surface area contributed by atoms with Crippen molar-refractivity contribution in [2.75, 3.05) is 4.90 Å². The van der Waals surface area contributed by atoms with E-state index in [1.54, 1.807) is 0 Å². The highest BCUT2D eigenvalue weighted by atomic mass is 32.2. The second kappa shape index (κ2) is 8.89. The van der Waals surface area contributed by atoms with Crippen LogP contribution >= 0.6 is 11.8 Å². The highest BCUT2D eigenvalue weighted by Gasteiger charge is 2.40. The summed E-state index contributed by atoms with van der Waals surface area (Å²) in [4.78, 5) is 35.8. The molecule has 1 aliphatic rings. The molecule has 1 fully saturated rings. The Hall–Kier alpha value is -4.16. The second-order valence-corrected chi connectivity index (χ2v) is 9.72. The number of hydrogen-bond donors (Lipinski definition) is 1. The van der Waals surface area contributed by atoms with Gasteiger partial charge in [0, 0.05) is 34.8 Å². The molecular formula is C29H21N3O2S. The third kappa shape index (κ3) is 4.13. The molecule has 35 heavy (non-hydrogen) atoms. The molecular weight excluding hydrogens is 454 g/mol. The van der Waals surface area contributed by atoms with E-state index in [0.29, 0.717) is 5.69 Å². The molecule has 170 valence electrons. The minimum atomic E-state index is -0.438. The van der Waals surface area contributed by atoms with Crippen molar-refractivity contribution in [3.8, 4) is 0 Å². The Kier molecular flexibility index (Phi) is 5.43. The van der Waals surface area contributed by atoms with Crippen molar-refractivity contribution < 1.29 is 9.59 Å². The lowest BCUT2D eigenvalue weighted by Gasteiger charge is -2.15. The first-order chi connectivity index (χ1) is 17.2. The van der Waals surface area contributed by atoms with Crippen molar-refractivity contribution in [2.24, 2.45) is 4.99 Å². The van der Waals surface area contributed by atoms with Crippen LogP contribution in [0.5, 0.6) is 0 Å². The molecule has 0 spiro atoms. The van der Waals surface area contributed by atoms with E-state index in [1.807, 2.05) is 79.1 Å². The van der Waals surface area contributed by atoms with Crippen LogP contribution in [0.3, 0.4) is 0 Å². The third-order valence-corrected chi connectivity index (χ3v) is 7.39. The summed E-state index contributed by atoms with van der Waals surface area (Å²) in [5.74, 6) is -0.348. The number of H-pyrrole nitrogens is 1. The molecule has 1 saturated heterocycles. The summed E-state index contributed by atoms with van der Waals surface area (Å²) in [6, 6.07) is 29.7. The summed E-state index contributed by atoms with van der Waals surface area (Å²) < 4.78 is 0. The van der Waals surface area contributed by atoms with Crippen LogP contribution < -0.4 is 4.90 Å². The predicted molar refractivity (Wildman–Crippen MR) is 143 cm³/mol. The predicted octanol–water partition coefficient (Wildman–Crippen LogP) is 6.50. The first-order valence-corrected chi connectivity index (χ1v) is 12.3. The maximum Gasteiger partial charge on any atom is 0.247 e. The average molecular weight is 476 g/mol. The van der Waals surface area contributed by atoms with Gasteiger partial charge in [0.15, 0.2) is 0 Å². The minimum absolute atomic E-state index is 0.172. The summed E-state index contributed by atoms with van der Waals surface area (Å²) in [6.07, 6.45) is 3.91. The number of carbonyl (C=O) groups is 2. The molecule has 2 amide bonds. The number of aromatic nitrogens is 1. The lowest BCUT2D eigenvalue weighted by atomic mass is 10.1. The number of rotatable bonds is 5. The molecule has 1 atom stereocenters. The van der Waals surface area contributed by atoms with Crippen molar-refractivity contribution in [1.29, 1.82) is 0 Å². The zero-order valence-corrected chi connectivity index (χ0v) is 19.5. The molecule has 0 bridgehead atoms. The Morgan fingerprint density at radius 1 is 0.886 bits per heavy atom. The summed E-state index contributed by atoms with van der Waals surface area (Å²) in [5, 5.41) is 2.95. The summed E-state index contributed by atoms with van der Waals surface area (Å²) >= 11 is 1.42. The molecule has 0 radical (unpaired) electrons. The van der Waals surface area contributed by atoms with Gasteiger partial charge in [-0.25, -0.2) is 4.90 Å². The SMILES string of the molecule is O=C1CC(Sc2ccc(N=Cc3cccc4ccccc34)cc2)C(=O)N1c1ccc2cc[nH]c2c1. The van der Waals surface area contributed by atoms with E-state index in [2.05, 4.69) is 34.2 Å². The van der Waals surface area contributed by atoms with Crippen molar-refractivity contribution in [3.05, 3.63) is 103 Å².